The largest absolute Gasteiger partial charge is 0.466 e. The second-order valence-electron chi connectivity index (χ2n) is 0.513. The number of rotatable bonds is 0. The van der Waals surface area contributed by atoms with Crippen molar-refractivity contribution in [2.75, 3.05) is 0 Å². The summed E-state index contributed by atoms with van der Waals surface area (Å²) >= 11 is 0. The van der Waals surface area contributed by atoms with Crippen molar-refractivity contribution >= 4 is 37.6 Å². The number of hydrogen-bond donors (Lipinski definition) is 3. The molecule has 0 aliphatic carbocycles. The Kier molecular flexibility index (Phi) is 24.0. The van der Waals surface area contributed by atoms with Gasteiger partial charge in [-0.3, -0.25) is 0 Å². The van der Waals surface area contributed by atoms with E-state index in [1.54, 1.807) is 0 Å². The Morgan fingerprint density at radius 3 is 1.12 bits per heavy atom. The molecule has 0 rings (SSSR count). The molecule has 0 bridgehead atoms. The van der Waals surface area contributed by atoms with Crippen LogP contribution in [0.15, 0.2) is 0 Å². The van der Waals surface area contributed by atoms with Crippen LogP contribution in [-0.2, 0) is 21.6 Å². The SMILES string of the molecule is Cl.O=P(O)(O)O.[AlH3].[Fe]. The van der Waals surface area contributed by atoms with Crippen molar-refractivity contribution in [1.82, 2.24) is 0 Å². The van der Waals surface area contributed by atoms with Gasteiger partial charge in [-0.2, -0.15) is 0 Å². The van der Waals surface area contributed by atoms with E-state index in [0.717, 1.165) is 0 Å². The van der Waals surface area contributed by atoms with Crippen LogP contribution in [0.25, 0.3) is 0 Å². The zero-order chi connectivity index (χ0) is 4.50. The molecule has 0 aliphatic rings. The summed E-state index contributed by atoms with van der Waals surface area (Å²) in [4.78, 5) is 21.6. The molecule has 0 saturated carbocycles. The normalized spacial score (nSPS) is 7.38. The van der Waals surface area contributed by atoms with Crippen molar-refractivity contribution in [2.24, 2.45) is 0 Å². The van der Waals surface area contributed by atoms with Gasteiger partial charge in [0.1, 0.15) is 0 Å². The molecule has 0 unspecified atom stereocenters. The summed E-state index contributed by atoms with van der Waals surface area (Å²) in [6.07, 6.45) is 0. The third-order valence-electron chi connectivity index (χ3n) is 0. The van der Waals surface area contributed by atoms with Gasteiger partial charge in [-0.1, -0.05) is 0 Å². The predicted molar refractivity (Wildman–Crippen MR) is 31.4 cm³/mol. The zero-order valence-electron chi connectivity index (χ0n) is 2.96. The van der Waals surface area contributed by atoms with Crippen molar-refractivity contribution in [3.05, 3.63) is 0 Å². The topological polar surface area (TPSA) is 77.8 Å². The van der Waals surface area contributed by atoms with Gasteiger partial charge in [0.2, 0.25) is 0 Å². The quantitative estimate of drug-likeness (QED) is 0.336. The Morgan fingerprint density at radius 1 is 1.12 bits per heavy atom. The molecule has 0 atom stereocenters. The van der Waals surface area contributed by atoms with Crippen molar-refractivity contribution < 1.29 is 36.3 Å². The Balaban J connectivity index is -0.0000000267. The molecule has 0 spiro atoms. The summed E-state index contributed by atoms with van der Waals surface area (Å²) in [5.41, 5.74) is 0. The number of phosphoric acid groups is 1. The van der Waals surface area contributed by atoms with Crippen molar-refractivity contribution in [1.29, 1.82) is 0 Å². The molecule has 0 aromatic heterocycles. The molecule has 8 heavy (non-hydrogen) atoms. The summed E-state index contributed by atoms with van der Waals surface area (Å²) in [5.74, 6) is 0. The minimum absolute atomic E-state index is 0. The van der Waals surface area contributed by atoms with Crippen LogP contribution < -0.4 is 0 Å². The van der Waals surface area contributed by atoms with Crippen LogP contribution in [-0.4, -0.2) is 32.0 Å². The smallest absolute Gasteiger partial charge is 0.303 e. The maximum atomic E-state index is 8.88. The molecular weight excluding hydrogens is 213 g/mol. The second kappa shape index (κ2) is 8.45. The average molecular weight is 220 g/mol. The van der Waals surface area contributed by atoms with Gasteiger partial charge in [0.05, 0.1) is 0 Å². The molecule has 0 amide bonds. The van der Waals surface area contributed by atoms with Gasteiger partial charge in [0.25, 0.3) is 0 Å². The molecule has 0 aromatic rings. The van der Waals surface area contributed by atoms with Crippen LogP contribution in [0.4, 0.5) is 0 Å². The first-order chi connectivity index (χ1) is 2.00. The molecule has 0 saturated heterocycles. The monoisotopic (exact) mass is 220 g/mol. The van der Waals surface area contributed by atoms with Gasteiger partial charge in [0, 0.05) is 17.1 Å². The van der Waals surface area contributed by atoms with Crippen LogP contribution in [0.5, 0.6) is 0 Å². The first-order valence-corrected chi connectivity index (χ1v) is 2.35. The van der Waals surface area contributed by atoms with Crippen LogP contribution in [0.2, 0.25) is 0 Å². The molecular formula is H7AlClFeO4P. The van der Waals surface area contributed by atoms with Crippen molar-refractivity contribution in [3.8, 4) is 0 Å². The van der Waals surface area contributed by atoms with Gasteiger partial charge in [-0.15, -0.1) is 12.4 Å². The fourth-order valence-electron chi connectivity index (χ4n) is 0. The Morgan fingerprint density at radius 2 is 1.12 bits per heavy atom. The van der Waals surface area contributed by atoms with E-state index in [9.17, 15) is 0 Å². The predicted octanol–water partition coefficient (Wildman–Crippen LogP) is -1.69. The first-order valence-electron chi connectivity index (χ1n) is 0.783. The summed E-state index contributed by atoms with van der Waals surface area (Å²) < 4.78 is 8.88. The van der Waals surface area contributed by atoms with E-state index < -0.39 is 7.82 Å². The fraction of sp³-hybridized carbons (Fsp3) is 0. The van der Waals surface area contributed by atoms with E-state index in [2.05, 4.69) is 0 Å². The Labute approximate surface area is 73.9 Å². The fourth-order valence-corrected chi connectivity index (χ4v) is 0. The molecule has 8 heteroatoms. The second-order valence-corrected chi connectivity index (χ2v) is 1.54. The minimum Gasteiger partial charge on any atom is -0.303 e. The van der Waals surface area contributed by atoms with E-state index in [4.69, 9.17) is 19.2 Å². The molecule has 3 N–H and O–H groups in total. The molecule has 0 aliphatic heterocycles. The molecule has 54 valence electrons. The molecule has 4 nitrogen and oxygen atoms in total. The summed E-state index contributed by atoms with van der Waals surface area (Å²) in [6, 6.07) is 0. The molecule has 0 aromatic carbocycles. The zero-order valence-corrected chi connectivity index (χ0v) is 5.77. The van der Waals surface area contributed by atoms with Crippen LogP contribution >= 0.6 is 20.2 Å². The van der Waals surface area contributed by atoms with Crippen LogP contribution in [0.1, 0.15) is 0 Å². The van der Waals surface area contributed by atoms with E-state index in [-0.39, 0.29) is 46.8 Å². The number of hydrogen-bond acceptors (Lipinski definition) is 1. The molecule has 0 fully saturated rings. The third-order valence-corrected chi connectivity index (χ3v) is 0. The average Bonchev–Trinajstić information content (AvgIpc) is 0.722. The Hall–Kier alpha value is 1.45. The van der Waals surface area contributed by atoms with Crippen molar-refractivity contribution in [2.45, 2.75) is 0 Å². The van der Waals surface area contributed by atoms with Gasteiger partial charge < -0.3 is 14.7 Å². The van der Waals surface area contributed by atoms with E-state index in [0.29, 0.717) is 0 Å². The maximum Gasteiger partial charge on any atom is 0.466 e. The van der Waals surface area contributed by atoms with E-state index >= 15 is 0 Å². The van der Waals surface area contributed by atoms with Crippen LogP contribution in [0, 0.1) is 0 Å². The summed E-state index contributed by atoms with van der Waals surface area (Å²) in [7, 11) is -4.64. The third kappa shape index (κ3) is 147. The standard InChI is InChI=1S/Al.ClH.Fe.H3O4P.3H/c;;;1-5(2,3)4;;;/h;1H;;(H3,1,2,3,4);;;. The first kappa shape index (κ1) is 22.7. The molecule has 0 radical (unpaired) electrons. The number of halogens is 1. The van der Waals surface area contributed by atoms with Gasteiger partial charge in [0.15, 0.2) is 17.4 Å². The van der Waals surface area contributed by atoms with E-state index in [1.807, 2.05) is 0 Å². The van der Waals surface area contributed by atoms with E-state index in [1.165, 1.54) is 0 Å². The van der Waals surface area contributed by atoms with Gasteiger partial charge in [-0.05, 0) is 0 Å². The summed E-state index contributed by atoms with van der Waals surface area (Å²) in [6.45, 7) is 0. The van der Waals surface area contributed by atoms with Gasteiger partial charge >= 0.3 is 7.82 Å². The minimum atomic E-state index is -4.64. The van der Waals surface area contributed by atoms with Gasteiger partial charge in [-0.25, -0.2) is 4.57 Å². The Bertz CT molecular complexity index is 62.2. The summed E-state index contributed by atoms with van der Waals surface area (Å²) in [5, 5.41) is 0. The van der Waals surface area contributed by atoms with Crippen molar-refractivity contribution in [3.63, 3.8) is 0 Å². The molecule has 0 heterocycles. The van der Waals surface area contributed by atoms with Crippen LogP contribution in [0.3, 0.4) is 0 Å². The maximum absolute atomic E-state index is 8.88.